The van der Waals surface area contributed by atoms with Gasteiger partial charge in [-0.05, 0) is 17.1 Å². The summed E-state index contributed by atoms with van der Waals surface area (Å²) in [6.45, 7) is 6.42. The van der Waals surface area contributed by atoms with Crippen LogP contribution < -0.4 is 5.43 Å². The van der Waals surface area contributed by atoms with E-state index in [1.165, 1.54) is 5.57 Å². The molecule has 0 fully saturated rings. The van der Waals surface area contributed by atoms with Gasteiger partial charge >= 0.3 is 0 Å². The minimum atomic E-state index is -0.729. The zero-order valence-electron chi connectivity index (χ0n) is 8.65. The van der Waals surface area contributed by atoms with E-state index in [1.807, 2.05) is 18.4 Å². The molecule has 0 bridgehead atoms. The van der Waals surface area contributed by atoms with E-state index in [1.54, 1.807) is 4.90 Å². The highest BCUT2D eigenvalue weighted by Gasteiger charge is 2.27. The van der Waals surface area contributed by atoms with Gasteiger partial charge in [-0.1, -0.05) is 26.8 Å². The van der Waals surface area contributed by atoms with Gasteiger partial charge in [0.15, 0.2) is 5.84 Å². The molecule has 4 heteroatoms. The van der Waals surface area contributed by atoms with Crippen LogP contribution in [0, 0.1) is 5.41 Å². The molecule has 0 aromatic heterocycles. The molecule has 14 heavy (non-hydrogen) atoms. The zero-order valence-corrected chi connectivity index (χ0v) is 8.65. The molecule has 4 nitrogen and oxygen atoms in total. The third kappa shape index (κ3) is 1.42. The summed E-state index contributed by atoms with van der Waals surface area (Å²) in [4.78, 5) is 1.72. The number of hydrogen-bond donors (Lipinski definition) is 2. The van der Waals surface area contributed by atoms with E-state index >= 15 is 0 Å². The first kappa shape index (κ1) is 9.27. The van der Waals surface area contributed by atoms with E-state index in [0.29, 0.717) is 0 Å². The summed E-state index contributed by atoms with van der Waals surface area (Å²) in [5.41, 5.74) is 3.87. The van der Waals surface area contributed by atoms with Crippen LogP contribution in [0.25, 0.3) is 0 Å². The molecule has 0 aliphatic carbocycles. The van der Waals surface area contributed by atoms with Crippen LogP contribution in [0.2, 0.25) is 0 Å². The second-order valence-corrected chi connectivity index (χ2v) is 4.55. The van der Waals surface area contributed by atoms with Crippen LogP contribution in [0.15, 0.2) is 29.0 Å². The minimum Gasteiger partial charge on any atom is -0.355 e. The Morgan fingerprint density at radius 1 is 1.43 bits per heavy atom. The number of aliphatic hydroxyl groups is 1. The van der Waals surface area contributed by atoms with Crippen LogP contribution >= 0.6 is 0 Å². The molecule has 2 rings (SSSR count). The number of nitrogens with zero attached hydrogens (tertiary/aromatic N) is 2. The molecule has 0 amide bonds. The standard InChI is InChI=1S/C10H15N3O/c1-10(2,3)7-4-5-8-11-12-9(14)13(8)6-7/h4-6,9,12,14H,1-3H3. The first-order valence-corrected chi connectivity index (χ1v) is 4.68. The molecule has 2 heterocycles. The number of rotatable bonds is 0. The van der Waals surface area contributed by atoms with Crippen LogP contribution in [-0.2, 0) is 0 Å². The van der Waals surface area contributed by atoms with Gasteiger partial charge in [0, 0.05) is 6.20 Å². The monoisotopic (exact) mass is 193 g/mol. The Hall–Kier alpha value is -1.29. The molecule has 0 saturated carbocycles. The molecule has 2 N–H and O–H groups in total. The van der Waals surface area contributed by atoms with Crippen molar-refractivity contribution in [1.29, 1.82) is 0 Å². The van der Waals surface area contributed by atoms with Crippen molar-refractivity contribution in [3.63, 3.8) is 0 Å². The van der Waals surface area contributed by atoms with Crippen LogP contribution in [0.5, 0.6) is 0 Å². The first-order valence-electron chi connectivity index (χ1n) is 4.68. The second kappa shape index (κ2) is 2.85. The van der Waals surface area contributed by atoms with E-state index in [-0.39, 0.29) is 5.41 Å². The summed E-state index contributed by atoms with van der Waals surface area (Å²) < 4.78 is 0. The highest BCUT2D eigenvalue weighted by Crippen LogP contribution is 2.29. The lowest BCUT2D eigenvalue weighted by molar-refractivity contribution is 0.0663. The summed E-state index contributed by atoms with van der Waals surface area (Å²) in [5, 5.41) is 13.5. The average Bonchev–Trinajstić information content (AvgIpc) is 2.46. The van der Waals surface area contributed by atoms with Crippen molar-refractivity contribution >= 4 is 5.84 Å². The number of hydrogen-bond acceptors (Lipinski definition) is 4. The lowest BCUT2D eigenvalue weighted by Gasteiger charge is -2.27. The molecule has 0 aromatic rings. The molecule has 0 spiro atoms. The van der Waals surface area contributed by atoms with Gasteiger partial charge < -0.3 is 5.11 Å². The van der Waals surface area contributed by atoms with Crippen LogP contribution in [-0.4, -0.2) is 22.2 Å². The lowest BCUT2D eigenvalue weighted by atomic mass is 9.86. The Morgan fingerprint density at radius 3 is 2.79 bits per heavy atom. The molecule has 0 saturated heterocycles. The third-order valence-corrected chi connectivity index (χ3v) is 2.38. The number of amidine groups is 1. The number of hydrazone groups is 1. The normalized spacial score (nSPS) is 25.4. The smallest absolute Gasteiger partial charge is 0.225 e. The van der Waals surface area contributed by atoms with Crippen LogP contribution in [0.1, 0.15) is 20.8 Å². The number of aliphatic hydroxyl groups excluding tert-OH is 1. The molecule has 2 aliphatic heterocycles. The fourth-order valence-corrected chi connectivity index (χ4v) is 1.43. The topological polar surface area (TPSA) is 47.9 Å². The molecule has 0 radical (unpaired) electrons. The minimum absolute atomic E-state index is 0.0876. The Labute approximate surface area is 83.6 Å². The van der Waals surface area contributed by atoms with Gasteiger partial charge in [-0.15, -0.1) is 0 Å². The van der Waals surface area contributed by atoms with Crippen molar-refractivity contribution in [2.24, 2.45) is 10.5 Å². The van der Waals surface area contributed by atoms with Crippen molar-refractivity contribution in [1.82, 2.24) is 10.3 Å². The van der Waals surface area contributed by atoms with E-state index < -0.39 is 6.35 Å². The van der Waals surface area contributed by atoms with Crippen molar-refractivity contribution in [3.05, 3.63) is 23.9 Å². The Balaban J connectivity index is 2.30. The summed E-state index contributed by atoms with van der Waals surface area (Å²) in [7, 11) is 0. The molecule has 2 aliphatic rings. The fourth-order valence-electron chi connectivity index (χ4n) is 1.43. The van der Waals surface area contributed by atoms with E-state index in [2.05, 4.69) is 31.3 Å². The third-order valence-electron chi connectivity index (χ3n) is 2.38. The molecule has 1 unspecified atom stereocenters. The molecule has 76 valence electrons. The van der Waals surface area contributed by atoms with Gasteiger partial charge in [0.2, 0.25) is 6.35 Å². The van der Waals surface area contributed by atoms with Gasteiger partial charge in [-0.2, -0.15) is 5.10 Å². The predicted octanol–water partition coefficient (Wildman–Crippen LogP) is 0.981. The fraction of sp³-hybridized carbons (Fsp3) is 0.500. The average molecular weight is 193 g/mol. The number of allylic oxidation sites excluding steroid dienone is 2. The Kier molecular flexibility index (Phi) is 1.89. The van der Waals surface area contributed by atoms with E-state index in [9.17, 15) is 5.11 Å². The van der Waals surface area contributed by atoms with Crippen molar-refractivity contribution < 1.29 is 5.11 Å². The summed E-state index contributed by atoms with van der Waals surface area (Å²) in [5.74, 6) is 0.755. The Morgan fingerprint density at radius 2 is 2.14 bits per heavy atom. The predicted molar refractivity (Wildman–Crippen MR) is 55.1 cm³/mol. The van der Waals surface area contributed by atoms with Gasteiger partial charge in [0.1, 0.15) is 0 Å². The molecular weight excluding hydrogens is 178 g/mol. The highest BCUT2D eigenvalue weighted by atomic mass is 16.3. The van der Waals surface area contributed by atoms with Gasteiger partial charge in [-0.3, -0.25) is 10.3 Å². The van der Waals surface area contributed by atoms with Crippen molar-refractivity contribution in [3.8, 4) is 0 Å². The van der Waals surface area contributed by atoms with Crippen molar-refractivity contribution in [2.45, 2.75) is 27.1 Å². The maximum Gasteiger partial charge on any atom is 0.225 e. The second-order valence-electron chi connectivity index (χ2n) is 4.55. The summed E-state index contributed by atoms with van der Waals surface area (Å²) in [6, 6.07) is 0. The maximum absolute atomic E-state index is 9.53. The highest BCUT2D eigenvalue weighted by molar-refractivity contribution is 5.96. The zero-order chi connectivity index (χ0) is 10.3. The summed E-state index contributed by atoms with van der Waals surface area (Å²) >= 11 is 0. The first-order chi connectivity index (χ1) is 6.48. The largest absolute Gasteiger partial charge is 0.355 e. The lowest BCUT2D eigenvalue weighted by Crippen LogP contribution is -2.37. The van der Waals surface area contributed by atoms with Gasteiger partial charge in [0.25, 0.3) is 0 Å². The summed E-state index contributed by atoms with van der Waals surface area (Å²) in [6.07, 6.45) is 5.15. The van der Waals surface area contributed by atoms with Crippen molar-refractivity contribution in [2.75, 3.05) is 0 Å². The molecular formula is C10H15N3O. The maximum atomic E-state index is 9.53. The van der Waals surface area contributed by atoms with Crippen LogP contribution in [0.3, 0.4) is 0 Å². The van der Waals surface area contributed by atoms with E-state index in [0.717, 1.165) is 5.84 Å². The SMILES string of the molecule is CC(C)(C)C1=CN2C(=NNC2O)C=C1. The molecule has 0 aromatic carbocycles. The number of fused-ring (bicyclic) bond motifs is 1. The van der Waals surface area contributed by atoms with E-state index in [4.69, 9.17) is 0 Å². The Bertz CT molecular complexity index is 336. The number of nitrogens with one attached hydrogen (secondary N) is 1. The molecule has 1 atom stereocenters. The van der Waals surface area contributed by atoms with Crippen LogP contribution in [0.4, 0.5) is 0 Å². The van der Waals surface area contributed by atoms with Gasteiger partial charge in [-0.25, -0.2) is 0 Å². The van der Waals surface area contributed by atoms with Gasteiger partial charge in [0.05, 0.1) is 0 Å². The quantitative estimate of drug-likeness (QED) is 0.603.